The van der Waals surface area contributed by atoms with Crippen molar-refractivity contribution in [1.82, 2.24) is 14.7 Å². The summed E-state index contributed by atoms with van der Waals surface area (Å²) in [5.74, 6) is 0.475. The van der Waals surface area contributed by atoms with Crippen LogP contribution in [0.4, 0.5) is 0 Å². The predicted molar refractivity (Wildman–Crippen MR) is 72.5 cm³/mol. The van der Waals surface area contributed by atoms with Crippen LogP contribution in [0, 0.1) is 5.92 Å². The number of sulfonamides is 1. The number of nitrogens with one attached hydrogen (secondary N) is 1. The molecule has 1 heterocycles. The first-order valence-corrected chi connectivity index (χ1v) is 7.83. The van der Waals surface area contributed by atoms with Crippen LogP contribution in [-0.2, 0) is 14.8 Å². The molecule has 0 bridgehead atoms. The topological polar surface area (TPSA) is 81.2 Å². The molecule has 0 aliphatic heterocycles. The zero-order valence-electron chi connectivity index (χ0n) is 11.0. The first-order valence-electron chi connectivity index (χ1n) is 5.97. The minimum atomic E-state index is -3.57. The molecule has 0 spiro atoms. The maximum absolute atomic E-state index is 11.8. The first kappa shape index (κ1) is 16.3. The highest BCUT2D eigenvalue weighted by Crippen LogP contribution is 2.07. The van der Waals surface area contributed by atoms with E-state index in [1.807, 2.05) is 0 Å². The number of nitrogens with zero attached hydrogens (tertiary/aromatic N) is 2. The van der Waals surface area contributed by atoms with Crippen molar-refractivity contribution in [3.05, 3.63) is 17.7 Å². The summed E-state index contributed by atoms with van der Waals surface area (Å²) < 4.78 is 31.4. The number of rotatable bonds is 8. The summed E-state index contributed by atoms with van der Waals surface area (Å²) in [5, 5.41) is 0.0148. The van der Waals surface area contributed by atoms with Crippen LogP contribution in [-0.4, -0.2) is 38.1 Å². The van der Waals surface area contributed by atoms with Gasteiger partial charge in [0.25, 0.3) is 0 Å². The van der Waals surface area contributed by atoms with E-state index >= 15 is 0 Å². The molecule has 0 fully saturated rings. The molecular formula is C11H18ClN3O3S. The number of hydrogen-bond acceptors (Lipinski definition) is 5. The van der Waals surface area contributed by atoms with Gasteiger partial charge >= 0.3 is 0 Å². The first-order chi connectivity index (χ1) is 8.92. The Bertz CT molecular complexity index is 476. The van der Waals surface area contributed by atoms with E-state index in [2.05, 4.69) is 28.5 Å². The van der Waals surface area contributed by atoms with Gasteiger partial charge in [0.1, 0.15) is 4.90 Å². The van der Waals surface area contributed by atoms with E-state index in [9.17, 15) is 8.42 Å². The van der Waals surface area contributed by atoms with Gasteiger partial charge in [-0.25, -0.2) is 23.1 Å². The molecule has 1 aromatic rings. The second kappa shape index (κ2) is 7.74. The summed E-state index contributed by atoms with van der Waals surface area (Å²) in [6.45, 7) is 5.63. The van der Waals surface area contributed by atoms with Crippen LogP contribution >= 0.6 is 11.6 Å². The molecular weight excluding hydrogens is 290 g/mol. The second-order valence-electron chi connectivity index (χ2n) is 4.41. The van der Waals surface area contributed by atoms with E-state index in [-0.39, 0.29) is 10.2 Å². The summed E-state index contributed by atoms with van der Waals surface area (Å²) in [7, 11) is -3.57. The van der Waals surface area contributed by atoms with E-state index in [0.29, 0.717) is 32.1 Å². The van der Waals surface area contributed by atoms with Crippen LogP contribution in [0.15, 0.2) is 17.3 Å². The lowest BCUT2D eigenvalue weighted by Crippen LogP contribution is -2.26. The number of ether oxygens (including phenoxy) is 1. The Morgan fingerprint density at radius 3 is 2.58 bits per heavy atom. The standard InChI is InChI=1S/C11H18ClN3O3S/c1-9(2)8-18-5-3-4-15-19(16,17)10-6-13-11(12)14-7-10/h6-7,9,15H,3-5,8H2,1-2H3. The average molecular weight is 308 g/mol. The van der Waals surface area contributed by atoms with Gasteiger partial charge in [-0.1, -0.05) is 13.8 Å². The van der Waals surface area contributed by atoms with Crippen molar-refractivity contribution in [2.75, 3.05) is 19.8 Å². The molecule has 108 valence electrons. The van der Waals surface area contributed by atoms with Gasteiger partial charge in [-0.05, 0) is 23.9 Å². The molecule has 19 heavy (non-hydrogen) atoms. The molecule has 0 amide bonds. The Labute approximate surface area is 118 Å². The van der Waals surface area contributed by atoms with Crippen molar-refractivity contribution in [1.29, 1.82) is 0 Å². The van der Waals surface area contributed by atoms with Gasteiger partial charge in [0.05, 0.1) is 12.4 Å². The Hall–Kier alpha value is -0.760. The smallest absolute Gasteiger partial charge is 0.243 e. The molecule has 1 rings (SSSR count). The molecule has 1 aromatic heterocycles. The largest absolute Gasteiger partial charge is 0.381 e. The molecule has 0 atom stereocenters. The predicted octanol–water partition coefficient (Wildman–Crippen LogP) is 1.47. The molecule has 0 saturated carbocycles. The van der Waals surface area contributed by atoms with Crippen molar-refractivity contribution in [2.45, 2.75) is 25.2 Å². The quantitative estimate of drug-likeness (QED) is 0.581. The van der Waals surface area contributed by atoms with Crippen LogP contribution in [0.2, 0.25) is 5.28 Å². The normalized spacial score (nSPS) is 12.0. The molecule has 0 aliphatic rings. The van der Waals surface area contributed by atoms with Gasteiger partial charge in [0.2, 0.25) is 15.3 Å². The van der Waals surface area contributed by atoms with Crippen molar-refractivity contribution in [3.8, 4) is 0 Å². The molecule has 0 aliphatic carbocycles. The van der Waals surface area contributed by atoms with Crippen molar-refractivity contribution in [2.24, 2.45) is 5.92 Å². The Kier molecular flexibility index (Phi) is 6.64. The lowest BCUT2D eigenvalue weighted by molar-refractivity contribution is 0.108. The van der Waals surface area contributed by atoms with Gasteiger partial charge in [-0.2, -0.15) is 0 Å². The van der Waals surface area contributed by atoms with E-state index < -0.39 is 10.0 Å². The lowest BCUT2D eigenvalue weighted by Gasteiger charge is -2.08. The second-order valence-corrected chi connectivity index (χ2v) is 6.51. The highest BCUT2D eigenvalue weighted by molar-refractivity contribution is 7.89. The number of halogens is 1. The van der Waals surface area contributed by atoms with E-state index in [0.717, 1.165) is 0 Å². The minimum Gasteiger partial charge on any atom is -0.381 e. The van der Waals surface area contributed by atoms with E-state index in [1.165, 1.54) is 12.4 Å². The zero-order valence-corrected chi connectivity index (χ0v) is 12.5. The Morgan fingerprint density at radius 2 is 2.00 bits per heavy atom. The van der Waals surface area contributed by atoms with E-state index in [1.54, 1.807) is 0 Å². The maximum atomic E-state index is 11.8. The summed E-state index contributed by atoms with van der Waals surface area (Å²) in [6.07, 6.45) is 2.96. The molecule has 0 radical (unpaired) electrons. The number of aromatic nitrogens is 2. The molecule has 1 N–H and O–H groups in total. The highest BCUT2D eigenvalue weighted by atomic mass is 35.5. The summed E-state index contributed by atoms with van der Waals surface area (Å²) in [5.41, 5.74) is 0. The van der Waals surface area contributed by atoms with Gasteiger partial charge in [-0.15, -0.1) is 0 Å². The SMILES string of the molecule is CC(C)COCCCNS(=O)(=O)c1cnc(Cl)nc1. The van der Waals surface area contributed by atoms with E-state index in [4.69, 9.17) is 16.3 Å². The average Bonchev–Trinajstić information content (AvgIpc) is 2.34. The molecule has 6 nitrogen and oxygen atoms in total. The molecule has 0 aromatic carbocycles. The van der Waals surface area contributed by atoms with Crippen molar-refractivity contribution in [3.63, 3.8) is 0 Å². The zero-order chi connectivity index (χ0) is 14.3. The lowest BCUT2D eigenvalue weighted by atomic mass is 10.2. The fourth-order valence-corrected chi connectivity index (χ4v) is 2.28. The molecule has 0 unspecified atom stereocenters. The fourth-order valence-electron chi connectivity index (χ4n) is 1.22. The van der Waals surface area contributed by atoms with Crippen molar-refractivity contribution < 1.29 is 13.2 Å². The van der Waals surface area contributed by atoms with Crippen LogP contribution in [0.1, 0.15) is 20.3 Å². The Balaban J connectivity index is 2.33. The molecule has 0 saturated heterocycles. The Morgan fingerprint density at radius 1 is 1.37 bits per heavy atom. The van der Waals surface area contributed by atoms with Gasteiger partial charge < -0.3 is 4.74 Å². The summed E-state index contributed by atoms with van der Waals surface area (Å²) in [6, 6.07) is 0. The third-order valence-electron chi connectivity index (χ3n) is 2.12. The highest BCUT2D eigenvalue weighted by Gasteiger charge is 2.14. The van der Waals surface area contributed by atoms with Crippen LogP contribution in [0.3, 0.4) is 0 Å². The van der Waals surface area contributed by atoms with Crippen LogP contribution in [0.5, 0.6) is 0 Å². The third kappa shape index (κ3) is 6.29. The monoisotopic (exact) mass is 307 g/mol. The molecule has 8 heteroatoms. The maximum Gasteiger partial charge on any atom is 0.243 e. The summed E-state index contributed by atoms with van der Waals surface area (Å²) in [4.78, 5) is 7.27. The van der Waals surface area contributed by atoms with Crippen LogP contribution in [0.25, 0.3) is 0 Å². The minimum absolute atomic E-state index is 0.00000113. The fraction of sp³-hybridized carbons (Fsp3) is 0.636. The van der Waals surface area contributed by atoms with Gasteiger partial charge in [-0.3, -0.25) is 0 Å². The van der Waals surface area contributed by atoms with Gasteiger partial charge in [0.15, 0.2) is 0 Å². The van der Waals surface area contributed by atoms with Crippen LogP contribution < -0.4 is 4.72 Å². The number of hydrogen-bond donors (Lipinski definition) is 1. The van der Waals surface area contributed by atoms with Crippen molar-refractivity contribution >= 4 is 21.6 Å². The van der Waals surface area contributed by atoms with Gasteiger partial charge in [0, 0.05) is 19.8 Å². The summed E-state index contributed by atoms with van der Waals surface area (Å²) >= 11 is 5.49. The third-order valence-corrected chi connectivity index (χ3v) is 3.73.